The topological polar surface area (TPSA) is 53.0 Å². The second-order valence-electron chi connectivity index (χ2n) is 8.00. The lowest BCUT2D eigenvalue weighted by Gasteiger charge is -2.26. The number of aromatic nitrogens is 1. The number of halogens is 1. The Labute approximate surface area is 198 Å². The SMILES string of the molecule is Clc1ccc(N=Nc2c(-c3ccccc3)[nH]c(-c3ccccc3)c2CN2CCOCC2)cc1. The lowest BCUT2D eigenvalue weighted by atomic mass is 10.0. The fraction of sp³-hybridized carbons (Fsp3) is 0.185. The molecule has 0 spiro atoms. The summed E-state index contributed by atoms with van der Waals surface area (Å²) in [5.74, 6) is 0. The number of H-pyrrole nitrogens is 1. The summed E-state index contributed by atoms with van der Waals surface area (Å²) in [6.45, 7) is 4.06. The summed E-state index contributed by atoms with van der Waals surface area (Å²) in [4.78, 5) is 6.10. The molecule has 33 heavy (non-hydrogen) atoms. The quantitative estimate of drug-likeness (QED) is 0.310. The maximum Gasteiger partial charge on any atom is 0.116 e. The lowest BCUT2D eigenvalue weighted by molar-refractivity contribution is 0.0343. The van der Waals surface area contributed by atoms with Crippen molar-refractivity contribution in [2.75, 3.05) is 26.3 Å². The number of benzene rings is 3. The van der Waals surface area contributed by atoms with Crippen LogP contribution in [0.2, 0.25) is 5.02 Å². The first-order valence-electron chi connectivity index (χ1n) is 11.1. The fourth-order valence-electron chi connectivity index (χ4n) is 4.06. The molecular weight excluding hydrogens is 432 g/mol. The first-order chi connectivity index (χ1) is 16.3. The van der Waals surface area contributed by atoms with Gasteiger partial charge in [-0.1, -0.05) is 72.3 Å². The Morgan fingerprint density at radius 1 is 0.758 bits per heavy atom. The minimum atomic E-state index is 0.680. The van der Waals surface area contributed by atoms with Gasteiger partial charge in [0.2, 0.25) is 0 Å². The van der Waals surface area contributed by atoms with Gasteiger partial charge in [-0.05, 0) is 29.8 Å². The van der Waals surface area contributed by atoms with Gasteiger partial charge in [0, 0.05) is 35.8 Å². The number of nitrogens with zero attached hydrogens (tertiary/aromatic N) is 3. The predicted octanol–water partition coefficient (Wildman–Crippen LogP) is 7.25. The highest BCUT2D eigenvalue weighted by molar-refractivity contribution is 6.30. The van der Waals surface area contributed by atoms with Crippen molar-refractivity contribution >= 4 is 23.0 Å². The standard InChI is InChI=1S/C27H25ClN4O/c28-22-11-13-23(14-12-22)30-31-27-24(19-32-15-17-33-18-16-32)25(20-7-3-1-4-8-20)29-26(27)21-9-5-2-6-10-21/h1-14,29H,15-19H2. The number of hydrogen-bond acceptors (Lipinski definition) is 4. The third-order valence-corrected chi connectivity index (χ3v) is 6.03. The van der Waals surface area contributed by atoms with E-state index in [9.17, 15) is 0 Å². The van der Waals surface area contributed by atoms with Gasteiger partial charge in [-0.15, -0.1) is 5.11 Å². The highest BCUT2D eigenvalue weighted by atomic mass is 35.5. The van der Waals surface area contributed by atoms with Crippen LogP contribution >= 0.6 is 11.6 Å². The molecule has 1 saturated heterocycles. The minimum absolute atomic E-state index is 0.680. The van der Waals surface area contributed by atoms with Gasteiger partial charge in [-0.3, -0.25) is 4.90 Å². The fourth-order valence-corrected chi connectivity index (χ4v) is 4.18. The summed E-state index contributed by atoms with van der Waals surface area (Å²) in [5.41, 5.74) is 7.01. The summed E-state index contributed by atoms with van der Waals surface area (Å²) in [5, 5.41) is 10.0. The smallest absolute Gasteiger partial charge is 0.116 e. The third-order valence-electron chi connectivity index (χ3n) is 5.78. The van der Waals surface area contributed by atoms with Gasteiger partial charge < -0.3 is 9.72 Å². The number of morpholine rings is 1. The molecular formula is C27H25ClN4O. The Balaban J connectivity index is 1.65. The van der Waals surface area contributed by atoms with E-state index in [1.165, 1.54) is 0 Å². The lowest BCUT2D eigenvalue weighted by Crippen LogP contribution is -2.35. The third kappa shape index (κ3) is 5.06. The van der Waals surface area contributed by atoms with Gasteiger partial charge >= 0.3 is 0 Å². The highest BCUT2D eigenvalue weighted by Gasteiger charge is 2.23. The molecule has 6 heteroatoms. The molecule has 0 aliphatic carbocycles. The van der Waals surface area contributed by atoms with Crippen molar-refractivity contribution in [3.05, 3.63) is 95.5 Å². The Morgan fingerprint density at radius 3 is 2.00 bits per heavy atom. The molecule has 166 valence electrons. The molecule has 5 rings (SSSR count). The molecule has 0 saturated carbocycles. The summed E-state index contributed by atoms with van der Waals surface area (Å²) >= 11 is 6.05. The molecule has 5 nitrogen and oxygen atoms in total. The van der Waals surface area contributed by atoms with Crippen LogP contribution in [0.15, 0.2) is 95.2 Å². The van der Waals surface area contributed by atoms with Crippen molar-refractivity contribution in [3.63, 3.8) is 0 Å². The summed E-state index contributed by atoms with van der Waals surface area (Å²) in [6.07, 6.45) is 0. The zero-order chi connectivity index (χ0) is 22.5. The molecule has 0 unspecified atom stereocenters. The van der Waals surface area contributed by atoms with Crippen LogP contribution < -0.4 is 0 Å². The Bertz CT molecular complexity index is 1210. The van der Waals surface area contributed by atoms with Crippen molar-refractivity contribution in [2.24, 2.45) is 10.2 Å². The maximum absolute atomic E-state index is 6.05. The van der Waals surface area contributed by atoms with Gasteiger partial charge in [0.1, 0.15) is 5.69 Å². The summed E-state index contributed by atoms with van der Waals surface area (Å²) in [6, 6.07) is 28.1. The number of azo groups is 1. The number of rotatable bonds is 6. The van der Waals surface area contributed by atoms with Crippen LogP contribution in [0.1, 0.15) is 5.56 Å². The first kappa shape index (κ1) is 21.6. The molecule has 3 aromatic carbocycles. The number of hydrogen-bond donors (Lipinski definition) is 1. The van der Waals surface area contributed by atoms with Crippen molar-refractivity contribution in [2.45, 2.75) is 6.54 Å². The van der Waals surface area contributed by atoms with E-state index < -0.39 is 0 Å². The molecule has 1 fully saturated rings. The second-order valence-corrected chi connectivity index (χ2v) is 8.44. The van der Waals surface area contributed by atoms with Crippen LogP contribution in [-0.4, -0.2) is 36.2 Å². The average molecular weight is 457 g/mol. The summed E-state index contributed by atoms with van der Waals surface area (Å²) in [7, 11) is 0. The van der Waals surface area contributed by atoms with Gasteiger partial charge in [0.15, 0.2) is 0 Å². The largest absolute Gasteiger partial charge is 0.379 e. The molecule has 0 radical (unpaired) electrons. The van der Waals surface area contributed by atoms with Crippen LogP contribution in [0.5, 0.6) is 0 Å². The molecule has 1 aliphatic rings. The van der Waals surface area contributed by atoms with Gasteiger partial charge in [-0.25, -0.2) is 0 Å². The van der Waals surface area contributed by atoms with E-state index in [0.29, 0.717) is 5.02 Å². The van der Waals surface area contributed by atoms with Crippen molar-refractivity contribution < 1.29 is 4.74 Å². The average Bonchev–Trinajstić information content (AvgIpc) is 3.23. The molecule has 0 atom stereocenters. The first-order valence-corrected chi connectivity index (χ1v) is 11.5. The normalized spacial score (nSPS) is 14.7. The highest BCUT2D eigenvalue weighted by Crippen LogP contribution is 2.41. The van der Waals surface area contributed by atoms with E-state index in [0.717, 1.165) is 72.3 Å². The monoisotopic (exact) mass is 456 g/mol. The van der Waals surface area contributed by atoms with E-state index in [1.54, 1.807) is 0 Å². The van der Waals surface area contributed by atoms with Crippen LogP contribution in [0.25, 0.3) is 22.5 Å². The Hall–Kier alpha value is -3.25. The Morgan fingerprint density at radius 2 is 1.36 bits per heavy atom. The van der Waals surface area contributed by atoms with Crippen LogP contribution in [0.4, 0.5) is 11.4 Å². The second kappa shape index (κ2) is 10.1. The number of aromatic amines is 1. The summed E-state index contributed by atoms with van der Waals surface area (Å²) < 4.78 is 5.57. The Kier molecular flexibility index (Phi) is 6.63. The number of nitrogens with one attached hydrogen (secondary N) is 1. The zero-order valence-electron chi connectivity index (χ0n) is 18.2. The molecule has 1 N–H and O–H groups in total. The van der Waals surface area contributed by atoms with Crippen molar-refractivity contribution in [1.82, 2.24) is 9.88 Å². The number of ether oxygens (including phenoxy) is 1. The van der Waals surface area contributed by atoms with E-state index in [4.69, 9.17) is 21.5 Å². The molecule has 0 amide bonds. The molecule has 1 aromatic heterocycles. The molecule has 2 heterocycles. The maximum atomic E-state index is 6.05. The van der Waals surface area contributed by atoms with E-state index in [2.05, 4.69) is 51.4 Å². The van der Waals surface area contributed by atoms with Crippen LogP contribution in [-0.2, 0) is 11.3 Å². The zero-order valence-corrected chi connectivity index (χ0v) is 19.0. The van der Waals surface area contributed by atoms with E-state index in [-0.39, 0.29) is 0 Å². The molecule has 0 bridgehead atoms. The van der Waals surface area contributed by atoms with Crippen molar-refractivity contribution in [1.29, 1.82) is 0 Å². The van der Waals surface area contributed by atoms with Gasteiger partial charge in [0.05, 0.1) is 30.3 Å². The van der Waals surface area contributed by atoms with E-state index in [1.807, 2.05) is 48.5 Å². The minimum Gasteiger partial charge on any atom is -0.379 e. The van der Waals surface area contributed by atoms with Crippen LogP contribution in [0, 0.1) is 0 Å². The van der Waals surface area contributed by atoms with E-state index >= 15 is 0 Å². The van der Waals surface area contributed by atoms with Gasteiger partial charge in [0.25, 0.3) is 0 Å². The predicted molar refractivity (Wildman–Crippen MR) is 133 cm³/mol. The van der Waals surface area contributed by atoms with Crippen molar-refractivity contribution in [3.8, 4) is 22.5 Å². The molecule has 4 aromatic rings. The van der Waals surface area contributed by atoms with Crippen LogP contribution in [0.3, 0.4) is 0 Å². The molecule has 1 aliphatic heterocycles. The van der Waals surface area contributed by atoms with Gasteiger partial charge in [-0.2, -0.15) is 5.11 Å².